The quantitative estimate of drug-likeness (QED) is 0.835. The lowest BCUT2D eigenvalue weighted by atomic mass is 10.2. The normalized spacial score (nSPS) is 12.3. The number of aromatic nitrogens is 2. The lowest BCUT2D eigenvalue weighted by molar-refractivity contribution is -0.654. The fraction of sp³-hybridized carbons (Fsp3) is 0.529. The van der Waals surface area contributed by atoms with Crippen LogP contribution in [0.5, 0.6) is 5.75 Å². The van der Waals surface area contributed by atoms with Crippen LogP contribution in [0.25, 0.3) is 11.0 Å². The average molecular weight is 374 g/mol. The van der Waals surface area contributed by atoms with Crippen LogP contribution < -0.4 is 14.6 Å². The van der Waals surface area contributed by atoms with Gasteiger partial charge in [-0.3, -0.25) is 0 Å². The van der Waals surface area contributed by atoms with E-state index in [4.69, 9.17) is 4.74 Å². The highest BCUT2D eigenvalue weighted by Crippen LogP contribution is 2.26. The average Bonchev–Trinajstić information content (AvgIpc) is 2.73. The summed E-state index contributed by atoms with van der Waals surface area (Å²) in [6, 6.07) is 4.16. The van der Waals surface area contributed by atoms with Gasteiger partial charge in [0.25, 0.3) is 5.82 Å². The van der Waals surface area contributed by atoms with Crippen molar-refractivity contribution in [3.8, 4) is 5.75 Å². The standard InChI is InChI=1S/C17H22F3N3O3/c1-6-23-13-9-11(25-17(18,19)20)7-8-12(13)22(5)14(23)10-21-15(24)26-16(2,3)4/h7-9H,6,10H2,1-5H3/p+1. The first-order valence-corrected chi connectivity index (χ1v) is 8.15. The van der Waals surface area contributed by atoms with Gasteiger partial charge in [-0.1, -0.05) is 0 Å². The molecule has 0 fully saturated rings. The molecule has 0 saturated carbocycles. The van der Waals surface area contributed by atoms with Crippen LogP contribution in [0.3, 0.4) is 0 Å². The highest BCUT2D eigenvalue weighted by Gasteiger charge is 2.32. The third-order valence-electron chi connectivity index (χ3n) is 3.64. The van der Waals surface area contributed by atoms with Gasteiger partial charge in [0.15, 0.2) is 11.0 Å². The smallest absolute Gasteiger partial charge is 0.444 e. The number of imidazole rings is 1. The topological polar surface area (TPSA) is 56.4 Å². The summed E-state index contributed by atoms with van der Waals surface area (Å²) in [6.45, 7) is 7.84. The first-order valence-electron chi connectivity index (χ1n) is 8.15. The molecular formula is C17H23F3N3O3+. The molecule has 9 heteroatoms. The van der Waals surface area contributed by atoms with E-state index in [1.807, 2.05) is 16.1 Å². The fourth-order valence-corrected chi connectivity index (χ4v) is 2.69. The monoisotopic (exact) mass is 374 g/mol. The first kappa shape index (κ1) is 19.9. The summed E-state index contributed by atoms with van der Waals surface area (Å²) in [6.07, 6.45) is -5.31. The van der Waals surface area contributed by atoms with Crippen LogP contribution in [0.15, 0.2) is 18.2 Å². The fourth-order valence-electron chi connectivity index (χ4n) is 2.69. The van der Waals surface area contributed by atoms with E-state index in [2.05, 4.69) is 10.1 Å². The molecule has 1 N–H and O–H groups in total. The maximum Gasteiger partial charge on any atom is 0.573 e. The van der Waals surface area contributed by atoms with Crippen molar-refractivity contribution in [2.75, 3.05) is 0 Å². The highest BCUT2D eigenvalue weighted by molar-refractivity contribution is 5.74. The number of hydrogen-bond acceptors (Lipinski definition) is 3. The number of nitrogens with one attached hydrogen (secondary N) is 1. The van der Waals surface area contributed by atoms with E-state index >= 15 is 0 Å². The van der Waals surface area contributed by atoms with E-state index < -0.39 is 18.1 Å². The lowest BCUT2D eigenvalue weighted by Gasteiger charge is -2.19. The number of benzene rings is 1. The second-order valence-corrected chi connectivity index (χ2v) is 6.77. The van der Waals surface area contributed by atoms with E-state index in [1.54, 1.807) is 33.9 Å². The minimum Gasteiger partial charge on any atom is -0.444 e. The molecule has 0 aliphatic carbocycles. The number of carbonyl (C=O) groups excluding carboxylic acids is 1. The molecule has 0 bridgehead atoms. The number of carbonyl (C=O) groups is 1. The van der Waals surface area contributed by atoms with Gasteiger partial charge in [-0.05, 0) is 39.8 Å². The Hall–Kier alpha value is -2.45. The van der Waals surface area contributed by atoms with Gasteiger partial charge in [0, 0.05) is 6.07 Å². The Bertz CT molecular complexity index is 807. The molecule has 0 aliphatic heterocycles. The number of aryl methyl sites for hydroxylation is 2. The van der Waals surface area contributed by atoms with E-state index in [0.717, 1.165) is 11.3 Å². The third-order valence-corrected chi connectivity index (χ3v) is 3.64. The van der Waals surface area contributed by atoms with Gasteiger partial charge in [0.05, 0.1) is 13.6 Å². The molecule has 1 aromatic carbocycles. The Kier molecular flexibility index (Phi) is 5.39. The van der Waals surface area contributed by atoms with Crippen molar-refractivity contribution in [1.29, 1.82) is 0 Å². The Balaban J connectivity index is 2.32. The van der Waals surface area contributed by atoms with Gasteiger partial charge in [0.1, 0.15) is 17.9 Å². The molecule has 144 valence electrons. The van der Waals surface area contributed by atoms with Crippen LogP contribution in [0.4, 0.5) is 18.0 Å². The lowest BCUT2D eigenvalue weighted by Crippen LogP contribution is -2.39. The third kappa shape index (κ3) is 4.80. The number of halogens is 3. The molecular weight excluding hydrogens is 351 g/mol. The van der Waals surface area contributed by atoms with Gasteiger partial charge in [-0.15, -0.1) is 13.2 Å². The zero-order chi connectivity index (χ0) is 19.7. The van der Waals surface area contributed by atoms with Crippen molar-refractivity contribution in [2.45, 2.75) is 52.7 Å². The van der Waals surface area contributed by atoms with E-state index in [0.29, 0.717) is 12.1 Å². The summed E-state index contributed by atoms with van der Waals surface area (Å²) in [5.41, 5.74) is 0.688. The number of alkyl carbamates (subject to hydrolysis) is 1. The minimum absolute atomic E-state index is 0.170. The number of ether oxygens (including phenoxy) is 2. The molecule has 26 heavy (non-hydrogen) atoms. The van der Waals surface area contributed by atoms with Crippen molar-refractivity contribution < 1.29 is 32.0 Å². The summed E-state index contributed by atoms with van der Waals surface area (Å²) < 4.78 is 50.2. The number of alkyl halides is 3. The summed E-state index contributed by atoms with van der Waals surface area (Å²) >= 11 is 0. The molecule has 0 aliphatic rings. The van der Waals surface area contributed by atoms with E-state index in [9.17, 15) is 18.0 Å². The van der Waals surface area contributed by atoms with Crippen LogP contribution in [-0.2, 0) is 24.9 Å². The van der Waals surface area contributed by atoms with Gasteiger partial charge in [-0.2, -0.15) is 0 Å². The molecule has 1 aromatic heterocycles. The molecule has 0 radical (unpaired) electrons. The number of rotatable bonds is 4. The zero-order valence-corrected chi connectivity index (χ0v) is 15.4. The highest BCUT2D eigenvalue weighted by atomic mass is 19.4. The number of amides is 1. The molecule has 6 nitrogen and oxygen atoms in total. The zero-order valence-electron chi connectivity index (χ0n) is 15.4. The van der Waals surface area contributed by atoms with E-state index in [-0.39, 0.29) is 12.3 Å². The summed E-state index contributed by atoms with van der Waals surface area (Å²) in [7, 11) is 1.78. The Morgan fingerprint density at radius 2 is 1.92 bits per heavy atom. The Labute approximate surface area is 149 Å². The van der Waals surface area contributed by atoms with Gasteiger partial charge in [-0.25, -0.2) is 13.9 Å². The van der Waals surface area contributed by atoms with Crippen molar-refractivity contribution in [3.05, 3.63) is 24.0 Å². The summed E-state index contributed by atoms with van der Waals surface area (Å²) in [5, 5.41) is 2.67. The van der Waals surface area contributed by atoms with Crippen molar-refractivity contribution >= 4 is 17.1 Å². The van der Waals surface area contributed by atoms with Crippen LogP contribution in [0.1, 0.15) is 33.5 Å². The molecule has 2 aromatic rings. The molecule has 1 amide bonds. The van der Waals surface area contributed by atoms with Gasteiger partial charge < -0.3 is 14.8 Å². The first-order chi connectivity index (χ1) is 11.9. The second-order valence-electron chi connectivity index (χ2n) is 6.77. The molecule has 0 unspecified atom stereocenters. The molecule has 0 saturated heterocycles. The van der Waals surface area contributed by atoms with Crippen LogP contribution in [0, 0.1) is 0 Å². The maximum atomic E-state index is 12.5. The number of fused-ring (bicyclic) bond motifs is 1. The summed E-state index contributed by atoms with van der Waals surface area (Å²) in [4.78, 5) is 11.9. The maximum absolute atomic E-state index is 12.5. The van der Waals surface area contributed by atoms with Gasteiger partial charge >= 0.3 is 12.5 Å². The summed E-state index contributed by atoms with van der Waals surface area (Å²) in [5.74, 6) is 0.432. The van der Waals surface area contributed by atoms with Crippen molar-refractivity contribution in [3.63, 3.8) is 0 Å². The van der Waals surface area contributed by atoms with Crippen molar-refractivity contribution in [1.82, 2.24) is 9.88 Å². The predicted molar refractivity (Wildman–Crippen MR) is 88.5 cm³/mol. The molecule has 0 spiro atoms. The SMILES string of the molecule is CCn1c(CNC(=O)OC(C)(C)C)[n+](C)c2ccc(OC(F)(F)F)cc21. The number of nitrogens with zero attached hydrogens (tertiary/aromatic N) is 2. The van der Waals surface area contributed by atoms with E-state index in [1.165, 1.54) is 12.1 Å². The van der Waals surface area contributed by atoms with Crippen LogP contribution in [0.2, 0.25) is 0 Å². The second kappa shape index (κ2) is 7.05. The molecule has 1 heterocycles. The number of hydrogen-bond donors (Lipinski definition) is 1. The van der Waals surface area contributed by atoms with Crippen LogP contribution >= 0.6 is 0 Å². The van der Waals surface area contributed by atoms with Crippen molar-refractivity contribution in [2.24, 2.45) is 7.05 Å². The predicted octanol–water partition coefficient (Wildman–Crippen LogP) is 3.41. The largest absolute Gasteiger partial charge is 0.573 e. The molecule has 0 atom stereocenters. The Morgan fingerprint density at radius 3 is 2.46 bits per heavy atom. The van der Waals surface area contributed by atoms with Gasteiger partial charge in [0.2, 0.25) is 0 Å². The minimum atomic E-state index is -4.75. The Morgan fingerprint density at radius 1 is 1.27 bits per heavy atom. The molecule has 2 rings (SSSR count). The van der Waals surface area contributed by atoms with Crippen LogP contribution in [-0.4, -0.2) is 22.6 Å².